The van der Waals surface area contributed by atoms with Crippen LogP contribution in [-0.4, -0.2) is 4.98 Å². The fourth-order valence-electron chi connectivity index (χ4n) is 1.50. The molecule has 0 aliphatic heterocycles. The number of nitrogens with zero attached hydrogens (tertiary/aromatic N) is 1. The summed E-state index contributed by atoms with van der Waals surface area (Å²) in [4.78, 5) is 4.20. The van der Waals surface area contributed by atoms with Crippen LogP contribution in [0.3, 0.4) is 0 Å². The summed E-state index contributed by atoms with van der Waals surface area (Å²) < 4.78 is 5.69. The maximum absolute atomic E-state index is 5.69. The normalized spacial score (nSPS) is 10.1. The molecular formula is C13H14N2O. The summed E-state index contributed by atoms with van der Waals surface area (Å²) in [5, 5.41) is 0. The lowest BCUT2D eigenvalue weighted by Crippen LogP contribution is -2.03. The second-order valence-electron chi connectivity index (χ2n) is 3.53. The molecule has 3 heteroatoms. The van der Waals surface area contributed by atoms with E-state index in [9.17, 15) is 0 Å². The fourth-order valence-corrected chi connectivity index (χ4v) is 1.50. The van der Waals surface area contributed by atoms with Gasteiger partial charge in [0.25, 0.3) is 0 Å². The lowest BCUT2D eigenvalue weighted by Gasteiger charge is -2.10. The van der Waals surface area contributed by atoms with Gasteiger partial charge in [-0.25, -0.2) is 4.98 Å². The van der Waals surface area contributed by atoms with Crippen molar-refractivity contribution >= 4 is 0 Å². The largest absolute Gasteiger partial charge is 0.439 e. The number of nitrogens with two attached hydrogens (primary N) is 1. The van der Waals surface area contributed by atoms with Gasteiger partial charge in [-0.15, -0.1) is 0 Å². The summed E-state index contributed by atoms with van der Waals surface area (Å²) in [6, 6.07) is 11.5. The molecular weight excluding hydrogens is 200 g/mol. The van der Waals surface area contributed by atoms with Crippen LogP contribution in [0.4, 0.5) is 0 Å². The second kappa shape index (κ2) is 4.77. The van der Waals surface area contributed by atoms with Crippen molar-refractivity contribution in [1.82, 2.24) is 4.98 Å². The first kappa shape index (κ1) is 10.6. The Hall–Kier alpha value is -1.87. The highest BCUT2D eigenvalue weighted by atomic mass is 16.5. The third-order valence-electron chi connectivity index (χ3n) is 2.41. The standard InChI is InChI=1S/C13H14N2O/c1-10-7-8-15-13(12(10)9-14)16-11-5-3-2-4-6-11/h2-8H,9,14H2,1H3. The van der Waals surface area contributed by atoms with Crippen molar-refractivity contribution in [3.63, 3.8) is 0 Å². The number of para-hydroxylation sites is 1. The third-order valence-corrected chi connectivity index (χ3v) is 2.41. The lowest BCUT2D eigenvalue weighted by molar-refractivity contribution is 0.455. The summed E-state index contributed by atoms with van der Waals surface area (Å²) in [5.41, 5.74) is 7.74. The predicted molar refractivity (Wildman–Crippen MR) is 63.4 cm³/mol. The monoisotopic (exact) mass is 214 g/mol. The van der Waals surface area contributed by atoms with E-state index in [0.29, 0.717) is 12.4 Å². The van der Waals surface area contributed by atoms with E-state index in [2.05, 4.69) is 4.98 Å². The summed E-state index contributed by atoms with van der Waals surface area (Å²) in [6.07, 6.45) is 1.73. The molecule has 0 bridgehead atoms. The molecule has 1 aromatic carbocycles. The van der Waals surface area contributed by atoms with Gasteiger partial charge in [-0.05, 0) is 30.7 Å². The molecule has 82 valence electrons. The highest BCUT2D eigenvalue weighted by Crippen LogP contribution is 2.24. The Kier molecular flexibility index (Phi) is 3.17. The zero-order valence-corrected chi connectivity index (χ0v) is 9.18. The first-order valence-corrected chi connectivity index (χ1v) is 5.18. The van der Waals surface area contributed by atoms with Gasteiger partial charge in [0.2, 0.25) is 5.88 Å². The molecule has 1 heterocycles. The Morgan fingerprint density at radius 3 is 2.62 bits per heavy atom. The number of aromatic nitrogens is 1. The Bertz CT molecular complexity index is 469. The minimum absolute atomic E-state index is 0.432. The van der Waals surface area contributed by atoms with Crippen LogP contribution in [0.1, 0.15) is 11.1 Å². The number of hydrogen-bond donors (Lipinski definition) is 1. The van der Waals surface area contributed by atoms with E-state index in [0.717, 1.165) is 16.9 Å². The van der Waals surface area contributed by atoms with Gasteiger partial charge in [0.15, 0.2) is 0 Å². The van der Waals surface area contributed by atoms with Crippen LogP contribution in [0, 0.1) is 6.92 Å². The molecule has 0 radical (unpaired) electrons. The smallest absolute Gasteiger partial charge is 0.223 e. The molecule has 0 saturated carbocycles. The average Bonchev–Trinajstić information content (AvgIpc) is 2.31. The van der Waals surface area contributed by atoms with Crippen LogP contribution < -0.4 is 10.5 Å². The maximum atomic E-state index is 5.69. The number of ether oxygens (including phenoxy) is 1. The van der Waals surface area contributed by atoms with E-state index in [1.807, 2.05) is 43.3 Å². The van der Waals surface area contributed by atoms with Gasteiger partial charge in [-0.1, -0.05) is 18.2 Å². The third kappa shape index (κ3) is 2.20. The van der Waals surface area contributed by atoms with Crippen LogP contribution >= 0.6 is 0 Å². The zero-order chi connectivity index (χ0) is 11.4. The predicted octanol–water partition coefficient (Wildman–Crippen LogP) is 2.64. The quantitative estimate of drug-likeness (QED) is 0.854. The van der Waals surface area contributed by atoms with Crippen LogP contribution in [0.25, 0.3) is 0 Å². The van der Waals surface area contributed by atoms with Crippen molar-refractivity contribution < 1.29 is 4.74 Å². The van der Waals surface area contributed by atoms with Crippen molar-refractivity contribution in [2.45, 2.75) is 13.5 Å². The summed E-state index contributed by atoms with van der Waals surface area (Å²) in [6.45, 7) is 2.43. The summed E-state index contributed by atoms with van der Waals surface area (Å²) in [5.74, 6) is 1.36. The number of aryl methyl sites for hydroxylation is 1. The van der Waals surface area contributed by atoms with E-state index < -0.39 is 0 Å². The van der Waals surface area contributed by atoms with Gasteiger partial charge in [0.05, 0.1) is 0 Å². The first-order chi connectivity index (χ1) is 7.81. The molecule has 0 fully saturated rings. The van der Waals surface area contributed by atoms with E-state index >= 15 is 0 Å². The molecule has 2 N–H and O–H groups in total. The van der Waals surface area contributed by atoms with Gasteiger partial charge in [-0.2, -0.15) is 0 Å². The molecule has 0 unspecified atom stereocenters. The molecule has 0 spiro atoms. The Balaban J connectivity index is 2.31. The SMILES string of the molecule is Cc1ccnc(Oc2ccccc2)c1CN. The van der Waals surface area contributed by atoms with E-state index in [1.165, 1.54) is 0 Å². The van der Waals surface area contributed by atoms with Crippen molar-refractivity contribution in [1.29, 1.82) is 0 Å². The van der Waals surface area contributed by atoms with Crippen LogP contribution in [0.5, 0.6) is 11.6 Å². The molecule has 2 rings (SSSR count). The Labute approximate surface area is 94.9 Å². The molecule has 3 nitrogen and oxygen atoms in total. The van der Waals surface area contributed by atoms with Gasteiger partial charge >= 0.3 is 0 Å². The molecule has 2 aromatic rings. The Morgan fingerprint density at radius 1 is 1.19 bits per heavy atom. The molecule has 0 aliphatic rings. The number of pyridine rings is 1. The van der Waals surface area contributed by atoms with Gasteiger partial charge in [-0.3, -0.25) is 0 Å². The van der Waals surface area contributed by atoms with Crippen LogP contribution in [0.2, 0.25) is 0 Å². The highest BCUT2D eigenvalue weighted by Gasteiger charge is 2.07. The summed E-state index contributed by atoms with van der Waals surface area (Å²) in [7, 11) is 0. The van der Waals surface area contributed by atoms with E-state index in [-0.39, 0.29) is 0 Å². The second-order valence-corrected chi connectivity index (χ2v) is 3.53. The fraction of sp³-hybridized carbons (Fsp3) is 0.154. The number of benzene rings is 1. The molecule has 0 aliphatic carbocycles. The topological polar surface area (TPSA) is 48.1 Å². The lowest BCUT2D eigenvalue weighted by atomic mass is 10.1. The first-order valence-electron chi connectivity index (χ1n) is 5.18. The van der Waals surface area contributed by atoms with Crippen LogP contribution in [-0.2, 0) is 6.54 Å². The van der Waals surface area contributed by atoms with Gasteiger partial charge < -0.3 is 10.5 Å². The molecule has 0 amide bonds. The molecule has 0 saturated heterocycles. The minimum Gasteiger partial charge on any atom is -0.439 e. The highest BCUT2D eigenvalue weighted by molar-refractivity contribution is 5.36. The number of hydrogen-bond acceptors (Lipinski definition) is 3. The van der Waals surface area contributed by atoms with E-state index in [1.54, 1.807) is 6.20 Å². The number of rotatable bonds is 3. The summed E-state index contributed by atoms with van der Waals surface area (Å²) >= 11 is 0. The minimum atomic E-state index is 0.432. The van der Waals surface area contributed by atoms with Crippen molar-refractivity contribution in [3.8, 4) is 11.6 Å². The van der Waals surface area contributed by atoms with Gasteiger partial charge in [0.1, 0.15) is 5.75 Å². The van der Waals surface area contributed by atoms with Crippen LogP contribution in [0.15, 0.2) is 42.6 Å². The molecule has 16 heavy (non-hydrogen) atoms. The van der Waals surface area contributed by atoms with Crippen molar-refractivity contribution in [2.24, 2.45) is 5.73 Å². The maximum Gasteiger partial charge on any atom is 0.223 e. The van der Waals surface area contributed by atoms with E-state index in [4.69, 9.17) is 10.5 Å². The van der Waals surface area contributed by atoms with Crippen molar-refractivity contribution in [3.05, 3.63) is 53.7 Å². The molecule has 0 atom stereocenters. The Morgan fingerprint density at radius 2 is 1.94 bits per heavy atom. The molecule has 1 aromatic heterocycles. The zero-order valence-electron chi connectivity index (χ0n) is 9.18. The van der Waals surface area contributed by atoms with Crippen molar-refractivity contribution in [2.75, 3.05) is 0 Å². The van der Waals surface area contributed by atoms with Gasteiger partial charge in [0, 0.05) is 18.3 Å². The average molecular weight is 214 g/mol.